The first-order valence-electron chi connectivity index (χ1n) is 9.37. The van der Waals surface area contributed by atoms with Gasteiger partial charge < -0.3 is 10.6 Å². The molecule has 4 nitrogen and oxygen atoms in total. The van der Waals surface area contributed by atoms with Crippen LogP contribution in [0, 0.1) is 6.92 Å². The fourth-order valence-electron chi connectivity index (χ4n) is 2.71. The normalized spacial score (nSPS) is 10.4. The van der Waals surface area contributed by atoms with Crippen molar-refractivity contribution in [1.82, 2.24) is 5.32 Å². The summed E-state index contributed by atoms with van der Waals surface area (Å²) in [5.74, 6) is -0.280. The zero-order valence-electron chi connectivity index (χ0n) is 15.7. The highest BCUT2D eigenvalue weighted by atomic mass is 16.2. The van der Waals surface area contributed by atoms with E-state index in [0.29, 0.717) is 23.4 Å². The molecule has 138 valence electrons. The molecule has 0 aliphatic carbocycles. The SMILES string of the molecule is CCCCCCCNC(=O)c1ccc(C)c(NC(=O)c2ccccc2)c1. The summed E-state index contributed by atoms with van der Waals surface area (Å²) in [7, 11) is 0. The van der Waals surface area contributed by atoms with Gasteiger partial charge in [0.1, 0.15) is 0 Å². The van der Waals surface area contributed by atoms with Gasteiger partial charge in [0.25, 0.3) is 11.8 Å². The van der Waals surface area contributed by atoms with E-state index in [1.165, 1.54) is 19.3 Å². The van der Waals surface area contributed by atoms with Gasteiger partial charge in [0.05, 0.1) is 0 Å². The molecule has 0 aromatic heterocycles. The van der Waals surface area contributed by atoms with Crippen LogP contribution in [0.5, 0.6) is 0 Å². The number of hydrogen-bond donors (Lipinski definition) is 2. The van der Waals surface area contributed by atoms with Crippen LogP contribution in [0.1, 0.15) is 65.3 Å². The van der Waals surface area contributed by atoms with Crippen LogP contribution in [0.2, 0.25) is 0 Å². The third kappa shape index (κ3) is 6.03. The van der Waals surface area contributed by atoms with Crippen molar-refractivity contribution >= 4 is 17.5 Å². The van der Waals surface area contributed by atoms with Crippen LogP contribution in [0.4, 0.5) is 5.69 Å². The first kappa shape index (κ1) is 19.7. The maximum Gasteiger partial charge on any atom is 0.255 e. The summed E-state index contributed by atoms with van der Waals surface area (Å²) in [6.07, 6.45) is 5.81. The lowest BCUT2D eigenvalue weighted by atomic mass is 10.1. The van der Waals surface area contributed by atoms with Crippen molar-refractivity contribution in [3.05, 3.63) is 65.2 Å². The smallest absolute Gasteiger partial charge is 0.255 e. The zero-order chi connectivity index (χ0) is 18.8. The number of unbranched alkanes of at least 4 members (excludes halogenated alkanes) is 4. The standard InChI is InChI=1S/C22H28N2O2/c1-3-4-5-6-10-15-23-21(25)19-14-13-17(2)20(16-19)24-22(26)18-11-8-7-9-12-18/h7-9,11-14,16H,3-6,10,15H2,1-2H3,(H,23,25)(H,24,26). The van der Waals surface area contributed by atoms with Crippen molar-refractivity contribution in [2.24, 2.45) is 0 Å². The molecule has 0 aliphatic rings. The molecule has 2 amide bonds. The van der Waals surface area contributed by atoms with Crippen LogP contribution in [0.3, 0.4) is 0 Å². The van der Waals surface area contributed by atoms with Crippen LogP contribution >= 0.6 is 0 Å². The van der Waals surface area contributed by atoms with E-state index in [9.17, 15) is 9.59 Å². The number of benzene rings is 2. The quantitative estimate of drug-likeness (QED) is 0.628. The number of hydrogen-bond acceptors (Lipinski definition) is 2. The summed E-state index contributed by atoms with van der Waals surface area (Å²) < 4.78 is 0. The van der Waals surface area contributed by atoms with Gasteiger partial charge in [-0.25, -0.2) is 0 Å². The molecule has 2 aromatic rings. The third-order valence-corrected chi connectivity index (χ3v) is 4.35. The molecule has 26 heavy (non-hydrogen) atoms. The molecule has 0 spiro atoms. The minimum absolute atomic E-state index is 0.101. The van der Waals surface area contributed by atoms with Crippen LogP contribution in [0.25, 0.3) is 0 Å². The molecule has 0 heterocycles. The second kappa shape index (κ2) is 10.4. The highest BCUT2D eigenvalue weighted by molar-refractivity contribution is 6.05. The minimum atomic E-state index is -0.179. The summed E-state index contributed by atoms with van der Waals surface area (Å²) in [5, 5.41) is 5.85. The summed E-state index contributed by atoms with van der Waals surface area (Å²) in [5.41, 5.74) is 2.74. The molecule has 2 rings (SSSR count). The molecular formula is C22H28N2O2. The van der Waals surface area contributed by atoms with Gasteiger partial charge in [-0.3, -0.25) is 9.59 Å². The van der Waals surface area contributed by atoms with Crippen molar-refractivity contribution < 1.29 is 9.59 Å². The van der Waals surface area contributed by atoms with Crippen molar-refractivity contribution in [2.75, 3.05) is 11.9 Å². The Hall–Kier alpha value is -2.62. The van der Waals surface area contributed by atoms with Crippen LogP contribution in [0.15, 0.2) is 48.5 Å². The van der Waals surface area contributed by atoms with Gasteiger partial charge in [-0.15, -0.1) is 0 Å². The lowest BCUT2D eigenvalue weighted by Gasteiger charge is -2.11. The predicted molar refractivity (Wildman–Crippen MR) is 107 cm³/mol. The van der Waals surface area contributed by atoms with Crippen molar-refractivity contribution in [1.29, 1.82) is 0 Å². The fraction of sp³-hybridized carbons (Fsp3) is 0.364. The van der Waals surface area contributed by atoms with Gasteiger partial charge in [0, 0.05) is 23.4 Å². The first-order valence-corrected chi connectivity index (χ1v) is 9.37. The minimum Gasteiger partial charge on any atom is -0.352 e. The number of rotatable bonds is 9. The Labute approximate surface area is 156 Å². The Balaban J connectivity index is 1.93. The van der Waals surface area contributed by atoms with Crippen molar-refractivity contribution in [3.8, 4) is 0 Å². The topological polar surface area (TPSA) is 58.2 Å². The predicted octanol–water partition coefficient (Wildman–Crippen LogP) is 4.95. The molecule has 0 aliphatic heterocycles. The summed E-state index contributed by atoms with van der Waals surface area (Å²) in [6.45, 7) is 4.78. The van der Waals surface area contributed by atoms with Gasteiger partial charge in [-0.1, -0.05) is 56.9 Å². The van der Waals surface area contributed by atoms with Crippen LogP contribution in [-0.2, 0) is 0 Å². The van der Waals surface area contributed by atoms with E-state index in [2.05, 4.69) is 17.6 Å². The number of anilines is 1. The van der Waals surface area contributed by atoms with Gasteiger partial charge >= 0.3 is 0 Å². The number of amides is 2. The maximum atomic E-state index is 12.3. The van der Waals surface area contributed by atoms with E-state index in [4.69, 9.17) is 0 Å². The molecule has 0 fully saturated rings. The molecular weight excluding hydrogens is 324 g/mol. The van der Waals surface area contributed by atoms with Crippen LogP contribution in [-0.4, -0.2) is 18.4 Å². The molecule has 0 radical (unpaired) electrons. The van der Waals surface area contributed by atoms with Gasteiger partial charge in [0.2, 0.25) is 0 Å². The monoisotopic (exact) mass is 352 g/mol. The van der Waals surface area contributed by atoms with Gasteiger partial charge in [0.15, 0.2) is 0 Å². The first-order chi connectivity index (χ1) is 12.6. The molecule has 0 atom stereocenters. The van der Waals surface area contributed by atoms with Crippen molar-refractivity contribution in [3.63, 3.8) is 0 Å². The third-order valence-electron chi connectivity index (χ3n) is 4.35. The number of carbonyl (C=O) groups excluding carboxylic acids is 2. The number of nitrogens with one attached hydrogen (secondary N) is 2. The number of aryl methyl sites for hydroxylation is 1. The Kier molecular flexibility index (Phi) is 7.87. The summed E-state index contributed by atoms with van der Waals surface area (Å²) in [4.78, 5) is 24.7. The van der Waals surface area contributed by atoms with Gasteiger partial charge in [-0.05, 0) is 43.2 Å². The molecule has 0 unspecified atom stereocenters. The second-order valence-corrected chi connectivity index (χ2v) is 6.52. The zero-order valence-corrected chi connectivity index (χ0v) is 15.7. The highest BCUT2D eigenvalue weighted by Gasteiger charge is 2.11. The lowest BCUT2D eigenvalue weighted by molar-refractivity contribution is 0.0951. The van der Waals surface area contributed by atoms with E-state index in [1.54, 1.807) is 24.3 Å². The Morgan fingerprint density at radius 1 is 0.846 bits per heavy atom. The highest BCUT2D eigenvalue weighted by Crippen LogP contribution is 2.18. The van der Waals surface area contributed by atoms with Crippen molar-refractivity contribution in [2.45, 2.75) is 46.0 Å². The molecule has 4 heteroatoms. The maximum absolute atomic E-state index is 12.3. The molecule has 2 N–H and O–H groups in total. The van der Waals surface area contributed by atoms with Gasteiger partial charge in [-0.2, -0.15) is 0 Å². The molecule has 0 saturated carbocycles. The number of carbonyl (C=O) groups is 2. The summed E-state index contributed by atoms with van der Waals surface area (Å²) in [6, 6.07) is 14.4. The Morgan fingerprint density at radius 3 is 2.31 bits per heavy atom. The average molecular weight is 352 g/mol. The molecule has 0 saturated heterocycles. The van der Waals surface area contributed by atoms with E-state index >= 15 is 0 Å². The fourth-order valence-corrected chi connectivity index (χ4v) is 2.71. The average Bonchev–Trinajstić information content (AvgIpc) is 2.66. The lowest BCUT2D eigenvalue weighted by Crippen LogP contribution is -2.24. The second-order valence-electron chi connectivity index (χ2n) is 6.52. The van der Waals surface area contributed by atoms with E-state index in [-0.39, 0.29) is 11.8 Å². The Bertz CT molecular complexity index is 726. The van der Waals surface area contributed by atoms with E-state index < -0.39 is 0 Å². The Morgan fingerprint density at radius 2 is 1.58 bits per heavy atom. The molecule has 2 aromatic carbocycles. The molecule has 0 bridgehead atoms. The van der Waals surface area contributed by atoms with E-state index in [0.717, 1.165) is 18.4 Å². The van der Waals surface area contributed by atoms with Crippen LogP contribution < -0.4 is 10.6 Å². The van der Waals surface area contributed by atoms with E-state index in [1.807, 2.05) is 31.2 Å². The largest absolute Gasteiger partial charge is 0.352 e. The summed E-state index contributed by atoms with van der Waals surface area (Å²) >= 11 is 0.